The van der Waals surface area contributed by atoms with E-state index in [0.717, 1.165) is 12.0 Å². The Balaban J connectivity index is 2.29. The number of carboxylic acid groups (broad SMARTS) is 1. The maximum Gasteiger partial charge on any atom is 0.303 e. The second kappa shape index (κ2) is 6.36. The molecule has 0 saturated carbocycles. The number of amides is 1. The molecule has 0 bridgehead atoms. The molecule has 0 fully saturated rings. The van der Waals surface area contributed by atoms with Crippen LogP contribution in [0.2, 0.25) is 0 Å². The fourth-order valence-corrected chi connectivity index (χ4v) is 1.92. The van der Waals surface area contributed by atoms with Gasteiger partial charge in [0.05, 0.1) is 12.6 Å². The Bertz CT molecular complexity index is 452. The van der Waals surface area contributed by atoms with E-state index in [1.54, 1.807) is 24.7 Å². The Morgan fingerprint density at radius 3 is 2.63 bits per heavy atom. The molecule has 0 saturated heterocycles. The molecular weight excluding hydrogens is 246 g/mol. The highest BCUT2D eigenvalue weighted by Crippen LogP contribution is 2.24. The van der Waals surface area contributed by atoms with Gasteiger partial charge in [0, 0.05) is 26.2 Å². The molecule has 1 heterocycles. The molecule has 1 aromatic rings. The van der Waals surface area contributed by atoms with Crippen molar-refractivity contribution >= 4 is 11.9 Å². The van der Waals surface area contributed by atoms with Crippen molar-refractivity contribution < 1.29 is 14.7 Å². The van der Waals surface area contributed by atoms with E-state index in [1.165, 1.54) is 0 Å². The minimum Gasteiger partial charge on any atom is -0.481 e. The van der Waals surface area contributed by atoms with Gasteiger partial charge in [-0.25, -0.2) is 0 Å². The predicted molar refractivity (Wildman–Crippen MR) is 70.6 cm³/mol. The van der Waals surface area contributed by atoms with E-state index in [-0.39, 0.29) is 18.7 Å². The van der Waals surface area contributed by atoms with Crippen LogP contribution in [-0.4, -0.2) is 33.3 Å². The van der Waals surface area contributed by atoms with Gasteiger partial charge in [-0.15, -0.1) is 0 Å². The van der Waals surface area contributed by atoms with Gasteiger partial charge >= 0.3 is 5.97 Å². The number of carbonyl (C=O) groups excluding carboxylic acids is 1. The first kappa shape index (κ1) is 15.2. The van der Waals surface area contributed by atoms with Crippen LogP contribution in [0.25, 0.3) is 0 Å². The first-order valence-corrected chi connectivity index (χ1v) is 6.24. The lowest BCUT2D eigenvalue weighted by Gasteiger charge is -2.21. The molecule has 19 heavy (non-hydrogen) atoms. The molecule has 0 spiro atoms. The van der Waals surface area contributed by atoms with Gasteiger partial charge in [-0.05, 0) is 17.4 Å². The van der Waals surface area contributed by atoms with Gasteiger partial charge in [-0.3, -0.25) is 14.3 Å². The van der Waals surface area contributed by atoms with Crippen LogP contribution in [0.3, 0.4) is 0 Å². The summed E-state index contributed by atoms with van der Waals surface area (Å²) in [6.45, 7) is 4.09. The lowest BCUT2D eigenvalue weighted by molar-refractivity contribution is -0.139. The average molecular weight is 267 g/mol. The van der Waals surface area contributed by atoms with Gasteiger partial charge in [0.25, 0.3) is 0 Å². The van der Waals surface area contributed by atoms with Crippen molar-refractivity contribution in [2.24, 2.45) is 12.5 Å². The highest BCUT2D eigenvalue weighted by molar-refractivity contribution is 5.77. The maximum absolute atomic E-state index is 11.7. The molecule has 0 unspecified atom stereocenters. The van der Waals surface area contributed by atoms with E-state index in [0.29, 0.717) is 6.54 Å². The molecule has 6 heteroatoms. The molecule has 6 nitrogen and oxygen atoms in total. The number of carbonyl (C=O) groups is 2. The Morgan fingerprint density at radius 2 is 2.11 bits per heavy atom. The summed E-state index contributed by atoms with van der Waals surface area (Å²) >= 11 is 0. The fraction of sp³-hybridized carbons (Fsp3) is 0.615. The van der Waals surface area contributed by atoms with Gasteiger partial charge < -0.3 is 10.4 Å². The largest absolute Gasteiger partial charge is 0.481 e. The molecule has 106 valence electrons. The highest BCUT2D eigenvalue weighted by Gasteiger charge is 2.24. The zero-order valence-electron chi connectivity index (χ0n) is 11.6. The monoisotopic (exact) mass is 267 g/mol. The maximum atomic E-state index is 11.7. The smallest absolute Gasteiger partial charge is 0.303 e. The predicted octanol–water partition coefficient (Wildman–Crippen LogP) is 0.970. The van der Waals surface area contributed by atoms with Crippen LogP contribution in [-0.2, 0) is 23.1 Å². The summed E-state index contributed by atoms with van der Waals surface area (Å²) in [4.78, 5) is 22.4. The van der Waals surface area contributed by atoms with Crippen molar-refractivity contribution in [3.63, 3.8) is 0 Å². The fourth-order valence-electron chi connectivity index (χ4n) is 1.92. The minimum absolute atomic E-state index is 0.0109. The van der Waals surface area contributed by atoms with Crippen molar-refractivity contribution in [3.05, 3.63) is 18.0 Å². The molecule has 0 radical (unpaired) electrons. The molecular formula is C13H21N3O3. The number of hydrogen-bond acceptors (Lipinski definition) is 3. The topological polar surface area (TPSA) is 84.2 Å². The summed E-state index contributed by atoms with van der Waals surface area (Å²) in [5, 5.41) is 15.6. The Kier molecular flexibility index (Phi) is 5.09. The molecule has 0 aliphatic rings. The van der Waals surface area contributed by atoms with Crippen LogP contribution in [0.1, 0.15) is 32.3 Å². The summed E-state index contributed by atoms with van der Waals surface area (Å²) < 4.78 is 1.72. The average Bonchev–Trinajstić information content (AvgIpc) is 2.61. The first-order valence-electron chi connectivity index (χ1n) is 6.24. The number of hydrogen-bond donors (Lipinski definition) is 2. The normalized spacial score (nSPS) is 11.3. The molecule has 0 aliphatic heterocycles. The minimum atomic E-state index is -0.881. The van der Waals surface area contributed by atoms with Crippen LogP contribution in [0.15, 0.2) is 12.4 Å². The van der Waals surface area contributed by atoms with Crippen LogP contribution >= 0.6 is 0 Å². The number of aryl methyl sites for hydroxylation is 1. The van der Waals surface area contributed by atoms with E-state index in [1.807, 2.05) is 13.2 Å². The van der Waals surface area contributed by atoms with Crippen molar-refractivity contribution in [1.29, 1.82) is 0 Å². The number of nitrogens with zero attached hydrogens (tertiary/aromatic N) is 2. The summed E-state index contributed by atoms with van der Waals surface area (Å²) in [6, 6.07) is 0. The zero-order valence-corrected chi connectivity index (χ0v) is 11.6. The Morgan fingerprint density at radius 1 is 1.42 bits per heavy atom. The lowest BCUT2D eigenvalue weighted by Crippen LogP contribution is -2.31. The third-order valence-corrected chi connectivity index (χ3v) is 2.76. The summed E-state index contributed by atoms with van der Waals surface area (Å²) in [5.41, 5.74) is 0.539. The van der Waals surface area contributed by atoms with Gasteiger partial charge in [0.2, 0.25) is 5.91 Å². The van der Waals surface area contributed by atoms with Gasteiger partial charge in [0.15, 0.2) is 0 Å². The summed E-state index contributed by atoms with van der Waals surface area (Å²) in [6.07, 6.45) is 4.59. The highest BCUT2D eigenvalue weighted by atomic mass is 16.4. The number of nitrogens with one attached hydrogen (secondary N) is 1. The third kappa shape index (κ3) is 6.03. The van der Waals surface area contributed by atoms with E-state index in [4.69, 9.17) is 5.11 Å². The molecule has 0 aliphatic carbocycles. The molecule has 1 amide bonds. The van der Waals surface area contributed by atoms with Crippen LogP contribution < -0.4 is 5.32 Å². The van der Waals surface area contributed by atoms with Gasteiger partial charge in [-0.1, -0.05) is 13.8 Å². The molecule has 2 N–H and O–H groups in total. The second-order valence-electron chi connectivity index (χ2n) is 5.53. The molecule has 0 atom stereocenters. The van der Waals surface area contributed by atoms with E-state index < -0.39 is 11.4 Å². The molecule has 0 aromatic carbocycles. The van der Waals surface area contributed by atoms with Crippen LogP contribution in [0.5, 0.6) is 0 Å². The molecule has 1 rings (SSSR count). The van der Waals surface area contributed by atoms with Crippen molar-refractivity contribution in [3.8, 4) is 0 Å². The van der Waals surface area contributed by atoms with Crippen LogP contribution in [0.4, 0.5) is 0 Å². The first-order chi connectivity index (χ1) is 8.78. The number of rotatable bonds is 7. The number of aromatic nitrogens is 2. The lowest BCUT2D eigenvalue weighted by atomic mass is 9.85. The van der Waals surface area contributed by atoms with Crippen molar-refractivity contribution in [2.75, 3.05) is 6.54 Å². The number of carboxylic acids is 1. The van der Waals surface area contributed by atoms with Crippen molar-refractivity contribution in [2.45, 2.75) is 33.1 Å². The second-order valence-corrected chi connectivity index (χ2v) is 5.53. The van der Waals surface area contributed by atoms with E-state index in [2.05, 4.69) is 10.4 Å². The Hall–Kier alpha value is -1.85. The van der Waals surface area contributed by atoms with E-state index >= 15 is 0 Å². The third-order valence-electron chi connectivity index (χ3n) is 2.76. The quantitative estimate of drug-likeness (QED) is 0.771. The van der Waals surface area contributed by atoms with Crippen molar-refractivity contribution in [1.82, 2.24) is 15.1 Å². The Labute approximate surface area is 112 Å². The summed E-state index contributed by atoms with van der Waals surface area (Å²) in [7, 11) is 1.84. The van der Waals surface area contributed by atoms with E-state index in [9.17, 15) is 9.59 Å². The van der Waals surface area contributed by atoms with Gasteiger partial charge in [-0.2, -0.15) is 5.10 Å². The standard InChI is InChI=1S/C13H21N3O3/c1-13(2,7-12(18)19)6-11(17)14-5-4-10-8-15-16(3)9-10/h8-9H,4-7H2,1-3H3,(H,14,17)(H,18,19). The molecule has 1 aromatic heterocycles. The number of aliphatic carboxylic acids is 1. The summed E-state index contributed by atoms with van der Waals surface area (Å²) in [5.74, 6) is -0.997. The SMILES string of the molecule is Cn1cc(CCNC(=O)CC(C)(C)CC(=O)O)cn1. The zero-order chi connectivity index (χ0) is 14.5. The van der Waals surface area contributed by atoms with Crippen LogP contribution in [0, 0.1) is 5.41 Å². The van der Waals surface area contributed by atoms with Gasteiger partial charge in [0.1, 0.15) is 0 Å².